The maximum atomic E-state index is 12.5. The number of nitrogens with zero attached hydrogens (tertiary/aromatic N) is 2. The van der Waals surface area contributed by atoms with E-state index in [-0.39, 0.29) is 23.7 Å². The van der Waals surface area contributed by atoms with E-state index in [4.69, 9.17) is 4.74 Å². The number of likely N-dealkylation sites (tertiary alicyclic amines) is 1. The van der Waals surface area contributed by atoms with Gasteiger partial charge in [0.15, 0.2) is 0 Å². The first-order valence-electron chi connectivity index (χ1n) is 11.1. The summed E-state index contributed by atoms with van der Waals surface area (Å²) < 4.78 is 5.32. The zero-order valence-corrected chi connectivity index (χ0v) is 19.8. The van der Waals surface area contributed by atoms with Crippen LogP contribution in [0.3, 0.4) is 0 Å². The molecule has 1 aliphatic heterocycles. The van der Waals surface area contributed by atoms with Gasteiger partial charge in [0.2, 0.25) is 5.91 Å². The number of ether oxygens (including phenoxy) is 1. The average molecular weight is 407 g/mol. The molecule has 0 saturated carbocycles. The lowest BCUT2D eigenvalue weighted by Crippen LogP contribution is -2.41. The lowest BCUT2D eigenvalue weighted by atomic mass is 9.78. The normalized spacial score (nSPS) is 18.5. The number of amides is 1. The molecular weight excluding hydrogens is 364 g/mol. The number of piperidine rings is 1. The Balaban J connectivity index is 0.00000184. The molecule has 1 fully saturated rings. The summed E-state index contributed by atoms with van der Waals surface area (Å²) in [5.74, 6) is 0.0173. The zero-order valence-electron chi connectivity index (χ0n) is 19.8. The molecule has 2 atom stereocenters. The van der Waals surface area contributed by atoms with Gasteiger partial charge in [-0.25, -0.2) is 0 Å². The van der Waals surface area contributed by atoms with Crippen molar-refractivity contribution in [3.05, 3.63) is 35.4 Å². The maximum absolute atomic E-state index is 12.5. The van der Waals surface area contributed by atoms with Crippen LogP contribution in [0.1, 0.15) is 64.5 Å². The molecule has 2 rings (SSSR count). The smallest absolute Gasteiger partial charge is 0.310 e. The molecule has 5 heteroatoms. The molecule has 5 nitrogen and oxygen atoms in total. The number of hydrogen-bond donors (Lipinski definition) is 0. The number of rotatable bonds is 6. The van der Waals surface area contributed by atoms with Gasteiger partial charge in [-0.3, -0.25) is 9.59 Å². The minimum atomic E-state index is -0.149. The van der Waals surface area contributed by atoms with Crippen LogP contribution in [-0.2, 0) is 20.7 Å². The van der Waals surface area contributed by atoms with Crippen LogP contribution in [0, 0.1) is 5.92 Å². The molecule has 0 radical (unpaired) electrons. The van der Waals surface area contributed by atoms with E-state index >= 15 is 0 Å². The molecule has 2 unspecified atom stereocenters. The second-order valence-electron chi connectivity index (χ2n) is 7.00. The summed E-state index contributed by atoms with van der Waals surface area (Å²) in [6.45, 7) is 11.9. The van der Waals surface area contributed by atoms with Crippen molar-refractivity contribution < 1.29 is 14.3 Å². The monoisotopic (exact) mass is 406 g/mol. The molecule has 0 bridgehead atoms. The number of hydrogen-bond acceptors (Lipinski definition) is 4. The molecule has 0 aliphatic carbocycles. The predicted octanol–water partition coefficient (Wildman–Crippen LogP) is 4.36. The first-order valence-corrected chi connectivity index (χ1v) is 11.1. The highest BCUT2D eigenvalue weighted by Gasteiger charge is 2.36. The summed E-state index contributed by atoms with van der Waals surface area (Å²) in [6, 6.07) is 8.22. The van der Waals surface area contributed by atoms with Crippen LogP contribution >= 0.6 is 0 Å². The van der Waals surface area contributed by atoms with Gasteiger partial charge in [0.25, 0.3) is 0 Å². The lowest BCUT2D eigenvalue weighted by molar-refractivity contribution is -0.150. The molecule has 1 aliphatic rings. The Kier molecular flexibility index (Phi) is 14.1. The quantitative estimate of drug-likeness (QED) is 0.659. The van der Waals surface area contributed by atoms with E-state index in [2.05, 4.69) is 17.0 Å². The Morgan fingerprint density at radius 3 is 2.34 bits per heavy atom. The van der Waals surface area contributed by atoms with Gasteiger partial charge in [0.05, 0.1) is 12.5 Å². The summed E-state index contributed by atoms with van der Waals surface area (Å²) >= 11 is 0. The van der Waals surface area contributed by atoms with Gasteiger partial charge in [-0.15, -0.1) is 0 Å². The first-order chi connectivity index (χ1) is 13.9. The SMILES string of the molecule is CC.CC.CCOC(=O)C1CN(C)CCC1c1ccccc1CCC(=O)N(C)C. The van der Waals surface area contributed by atoms with Crippen molar-refractivity contribution in [2.45, 2.75) is 59.8 Å². The second kappa shape index (κ2) is 15.0. The van der Waals surface area contributed by atoms with E-state index in [0.29, 0.717) is 26.0 Å². The van der Waals surface area contributed by atoms with Crippen LogP contribution < -0.4 is 0 Å². The van der Waals surface area contributed by atoms with Gasteiger partial charge in [-0.1, -0.05) is 52.0 Å². The fourth-order valence-corrected chi connectivity index (χ4v) is 3.56. The number of esters is 1. The highest BCUT2D eigenvalue weighted by atomic mass is 16.5. The van der Waals surface area contributed by atoms with Crippen molar-refractivity contribution >= 4 is 11.9 Å². The summed E-state index contributed by atoms with van der Waals surface area (Å²) in [7, 11) is 5.61. The van der Waals surface area contributed by atoms with Crippen molar-refractivity contribution in [2.24, 2.45) is 5.92 Å². The van der Waals surface area contributed by atoms with Crippen molar-refractivity contribution in [1.82, 2.24) is 9.80 Å². The standard InChI is InChI=1S/C20H30N2O3.2C2H6/c1-5-25-20(24)18-14-22(4)13-12-17(18)16-9-7-6-8-15(16)10-11-19(23)21(2)3;2*1-2/h6-9,17-18H,5,10-14H2,1-4H3;2*1-2H3. The summed E-state index contributed by atoms with van der Waals surface area (Å²) in [6.07, 6.45) is 2.12. The Hall–Kier alpha value is -1.88. The first kappa shape index (κ1) is 27.1. The molecule has 0 spiro atoms. The summed E-state index contributed by atoms with van der Waals surface area (Å²) in [5, 5.41) is 0. The minimum absolute atomic E-state index is 0.113. The van der Waals surface area contributed by atoms with Crippen LogP contribution in [0.5, 0.6) is 0 Å². The maximum Gasteiger partial charge on any atom is 0.310 e. The largest absolute Gasteiger partial charge is 0.466 e. The van der Waals surface area contributed by atoms with Gasteiger partial charge < -0.3 is 14.5 Å². The van der Waals surface area contributed by atoms with Crippen molar-refractivity contribution in [3.63, 3.8) is 0 Å². The molecule has 1 aromatic rings. The topological polar surface area (TPSA) is 49.9 Å². The van der Waals surface area contributed by atoms with Crippen LogP contribution in [0.15, 0.2) is 24.3 Å². The third-order valence-electron chi connectivity index (χ3n) is 4.97. The Morgan fingerprint density at radius 2 is 1.76 bits per heavy atom. The summed E-state index contributed by atoms with van der Waals surface area (Å²) in [5.41, 5.74) is 2.36. The van der Waals surface area contributed by atoms with E-state index in [1.54, 1.807) is 19.0 Å². The Morgan fingerprint density at radius 1 is 1.14 bits per heavy atom. The third-order valence-corrected chi connectivity index (χ3v) is 4.97. The highest BCUT2D eigenvalue weighted by molar-refractivity contribution is 5.76. The van der Waals surface area contributed by atoms with Gasteiger partial charge >= 0.3 is 5.97 Å². The highest BCUT2D eigenvalue weighted by Crippen LogP contribution is 2.35. The molecule has 166 valence electrons. The van der Waals surface area contributed by atoms with Gasteiger partial charge in [0.1, 0.15) is 0 Å². The third kappa shape index (κ3) is 8.57. The molecule has 1 saturated heterocycles. The minimum Gasteiger partial charge on any atom is -0.466 e. The van der Waals surface area contributed by atoms with Crippen molar-refractivity contribution in [3.8, 4) is 0 Å². The number of carbonyl (C=O) groups excluding carboxylic acids is 2. The average Bonchev–Trinajstić information content (AvgIpc) is 2.75. The molecule has 1 heterocycles. The van der Waals surface area contributed by atoms with Crippen LogP contribution in [-0.4, -0.2) is 62.5 Å². The van der Waals surface area contributed by atoms with E-state index in [9.17, 15) is 9.59 Å². The van der Waals surface area contributed by atoms with E-state index in [1.807, 2.05) is 53.8 Å². The fraction of sp³-hybridized carbons (Fsp3) is 0.667. The van der Waals surface area contributed by atoms with E-state index < -0.39 is 0 Å². The van der Waals surface area contributed by atoms with Gasteiger partial charge in [-0.2, -0.15) is 0 Å². The predicted molar refractivity (Wildman–Crippen MR) is 121 cm³/mol. The number of aryl methyl sites for hydroxylation is 1. The molecule has 0 aromatic heterocycles. The van der Waals surface area contributed by atoms with Crippen LogP contribution in [0.25, 0.3) is 0 Å². The summed E-state index contributed by atoms with van der Waals surface area (Å²) in [4.78, 5) is 28.2. The van der Waals surface area contributed by atoms with Crippen molar-refractivity contribution in [1.29, 1.82) is 0 Å². The van der Waals surface area contributed by atoms with Crippen molar-refractivity contribution in [2.75, 3.05) is 40.8 Å². The van der Waals surface area contributed by atoms with E-state index in [1.165, 1.54) is 11.1 Å². The van der Waals surface area contributed by atoms with E-state index in [0.717, 1.165) is 13.0 Å². The Labute approximate surface area is 178 Å². The molecule has 29 heavy (non-hydrogen) atoms. The Bertz CT molecular complexity index is 602. The molecular formula is C24H42N2O3. The molecule has 1 aromatic carbocycles. The molecule has 1 amide bonds. The van der Waals surface area contributed by atoms with Crippen LogP contribution in [0.2, 0.25) is 0 Å². The number of benzene rings is 1. The second-order valence-corrected chi connectivity index (χ2v) is 7.00. The fourth-order valence-electron chi connectivity index (χ4n) is 3.56. The van der Waals surface area contributed by atoms with Gasteiger partial charge in [0, 0.05) is 27.1 Å². The number of carbonyl (C=O) groups is 2. The zero-order chi connectivity index (χ0) is 22.4. The molecule has 0 N–H and O–H groups in total. The van der Waals surface area contributed by atoms with Crippen LogP contribution in [0.4, 0.5) is 0 Å². The lowest BCUT2D eigenvalue weighted by Gasteiger charge is -2.36. The van der Waals surface area contributed by atoms with Gasteiger partial charge in [-0.05, 0) is 50.4 Å².